The van der Waals surface area contributed by atoms with Gasteiger partial charge in [0.2, 0.25) is 0 Å². The Morgan fingerprint density at radius 3 is 1.88 bits per heavy atom. The molecule has 4 aliphatic rings. The Kier molecular flexibility index (Phi) is 7.36. The maximum absolute atomic E-state index is 6.77. The summed E-state index contributed by atoms with van der Waals surface area (Å²) in [5.74, 6) is 3.98. The van der Waals surface area contributed by atoms with Crippen molar-refractivity contribution < 1.29 is 4.74 Å². The van der Waals surface area contributed by atoms with E-state index in [0.29, 0.717) is 17.5 Å². The van der Waals surface area contributed by atoms with Gasteiger partial charge in [-0.1, -0.05) is 164 Å². The van der Waals surface area contributed by atoms with Crippen LogP contribution in [-0.4, -0.2) is 15.0 Å². The smallest absolute Gasteiger partial charge is 0.164 e. The van der Waals surface area contributed by atoms with E-state index in [0.717, 1.165) is 53.9 Å². The third-order valence-corrected chi connectivity index (χ3v) is 12.6. The lowest BCUT2D eigenvalue weighted by Gasteiger charge is -2.42. The molecule has 0 radical (unpaired) electrons. The summed E-state index contributed by atoms with van der Waals surface area (Å²) in [5, 5.41) is 2.45. The summed E-state index contributed by atoms with van der Waals surface area (Å²) in [4.78, 5) is 15.2. The third kappa shape index (κ3) is 4.98. The number of ether oxygens (including phenoxy) is 1. The Hall–Kier alpha value is -7.17. The van der Waals surface area contributed by atoms with Gasteiger partial charge >= 0.3 is 0 Å². The largest absolute Gasteiger partial charge is 0.461 e. The second kappa shape index (κ2) is 12.9. The Morgan fingerprint density at radius 2 is 1.12 bits per heavy atom. The number of aryl methyl sites for hydroxylation is 1. The molecular formula is C54H37N3O. The normalized spacial score (nSPS) is 15.6. The van der Waals surface area contributed by atoms with Gasteiger partial charge in [0.1, 0.15) is 11.5 Å². The molecule has 0 bridgehead atoms. The number of aromatic nitrogens is 3. The molecule has 0 saturated heterocycles. The van der Waals surface area contributed by atoms with Crippen LogP contribution in [0.5, 0.6) is 5.75 Å². The first-order chi connectivity index (χ1) is 28.7. The van der Waals surface area contributed by atoms with E-state index in [-0.39, 0.29) is 0 Å². The van der Waals surface area contributed by atoms with E-state index in [1.54, 1.807) is 0 Å². The first kappa shape index (κ1) is 33.0. The molecule has 0 N–H and O–H groups in total. The Balaban J connectivity index is 0.955. The van der Waals surface area contributed by atoms with Gasteiger partial charge in [0.15, 0.2) is 17.5 Å². The standard InChI is InChI=1S/C54H37N3O/c1-2-13-36(14-3-1)51-55-52(57-53(56-51)40-28-30-42-39(32-40)27-24-35-12-4-5-15-41(35)42)37-25-22-34(23-26-37)38-29-31-50-48(33-38)54(47-20-10-11-21-49(47)58-50)45-18-8-6-16-43(45)44-17-7-9-19-46(44)54/h1-3,5-11,13-28,30,32-33H,4,12,29,31H2. The fraction of sp³-hybridized carbons (Fsp3) is 0.0926. The van der Waals surface area contributed by atoms with E-state index < -0.39 is 5.41 Å². The number of para-hydroxylation sites is 1. The third-order valence-electron chi connectivity index (χ3n) is 12.6. The van der Waals surface area contributed by atoms with Crippen molar-refractivity contribution in [2.75, 3.05) is 0 Å². The molecule has 2 heterocycles. The van der Waals surface area contributed by atoms with E-state index in [1.807, 2.05) is 18.2 Å². The van der Waals surface area contributed by atoms with Crippen LogP contribution in [0.3, 0.4) is 0 Å². The average molecular weight is 744 g/mol. The average Bonchev–Trinajstić information content (AvgIpc) is 3.59. The van der Waals surface area contributed by atoms with Gasteiger partial charge in [-0.05, 0) is 86.7 Å². The summed E-state index contributed by atoms with van der Waals surface area (Å²) in [7, 11) is 0. The highest BCUT2D eigenvalue weighted by molar-refractivity contribution is 5.95. The quantitative estimate of drug-likeness (QED) is 0.180. The summed E-state index contributed by atoms with van der Waals surface area (Å²) >= 11 is 0. The predicted molar refractivity (Wildman–Crippen MR) is 234 cm³/mol. The molecule has 4 heteroatoms. The topological polar surface area (TPSA) is 47.9 Å². The minimum Gasteiger partial charge on any atom is -0.461 e. The number of rotatable bonds is 4. The van der Waals surface area contributed by atoms with Crippen molar-refractivity contribution in [2.24, 2.45) is 0 Å². The molecule has 0 amide bonds. The summed E-state index contributed by atoms with van der Waals surface area (Å²) in [6, 6.07) is 56.5. The molecule has 1 spiro atoms. The van der Waals surface area contributed by atoms with E-state index in [4.69, 9.17) is 19.7 Å². The number of benzene rings is 7. The zero-order valence-electron chi connectivity index (χ0n) is 31.8. The Bertz CT molecular complexity index is 3040. The molecule has 1 aliphatic heterocycles. The van der Waals surface area contributed by atoms with Crippen LogP contribution < -0.4 is 4.74 Å². The summed E-state index contributed by atoms with van der Waals surface area (Å²) in [6.07, 6.45) is 10.9. The lowest BCUT2D eigenvalue weighted by atomic mass is 9.64. The van der Waals surface area contributed by atoms with E-state index in [1.165, 1.54) is 66.4 Å². The fourth-order valence-electron chi connectivity index (χ4n) is 9.90. The molecule has 0 atom stereocenters. The molecule has 0 fully saturated rings. The van der Waals surface area contributed by atoms with Gasteiger partial charge in [-0.15, -0.1) is 0 Å². The van der Waals surface area contributed by atoms with Crippen LogP contribution in [0.4, 0.5) is 0 Å². The second-order valence-corrected chi connectivity index (χ2v) is 15.7. The lowest BCUT2D eigenvalue weighted by Crippen LogP contribution is -2.35. The van der Waals surface area contributed by atoms with E-state index in [2.05, 4.69) is 158 Å². The molecule has 7 aromatic carbocycles. The van der Waals surface area contributed by atoms with Crippen molar-refractivity contribution in [3.8, 4) is 51.0 Å². The van der Waals surface area contributed by atoms with Crippen molar-refractivity contribution in [1.29, 1.82) is 0 Å². The number of allylic oxidation sites excluding steroid dienone is 5. The van der Waals surface area contributed by atoms with Gasteiger partial charge in [0, 0.05) is 34.2 Å². The lowest BCUT2D eigenvalue weighted by molar-refractivity contribution is 0.365. The zero-order chi connectivity index (χ0) is 38.2. The molecule has 12 rings (SSSR count). The SMILES string of the molecule is C1=Cc2c(ccc3cc(-c4nc(-c5ccccc5)nc(-c5ccc(C6=CC7=C(CC6)Oc6ccccc6C76c7ccccc7-c7ccccc76)cc5)n4)ccc23)CC1. The van der Waals surface area contributed by atoms with Crippen molar-refractivity contribution >= 4 is 22.4 Å². The number of hydrogen-bond acceptors (Lipinski definition) is 4. The van der Waals surface area contributed by atoms with E-state index >= 15 is 0 Å². The molecule has 4 nitrogen and oxygen atoms in total. The molecule has 58 heavy (non-hydrogen) atoms. The molecule has 3 aliphatic carbocycles. The van der Waals surface area contributed by atoms with Crippen molar-refractivity contribution in [1.82, 2.24) is 15.0 Å². The van der Waals surface area contributed by atoms with Crippen LogP contribution in [0.25, 0.3) is 67.7 Å². The fourth-order valence-corrected chi connectivity index (χ4v) is 9.90. The first-order valence-corrected chi connectivity index (χ1v) is 20.3. The molecule has 8 aromatic rings. The first-order valence-electron chi connectivity index (χ1n) is 20.3. The Morgan fingerprint density at radius 1 is 0.500 bits per heavy atom. The van der Waals surface area contributed by atoms with Crippen molar-refractivity contribution in [3.63, 3.8) is 0 Å². The summed E-state index contributed by atoms with van der Waals surface area (Å²) in [6.45, 7) is 0. The van der Waals surface area contributed by atoms with Gasteiger partial charge in [-0.25, -0.2) is 15.0 Å². The number of hydrogen-bond donors (Lipinski definition) is 0. The Labute approximate surface area is 337 Å². The highest BCUT2D eigenvalue weighted by atomic mass is 16.5. The van der Waals surface area contributed by atoms with Gasteiger partial charge in [-0.2, -0.15) is 0 Å². The maximum Gasteiger partial charge on any atom is 0.164 e. The van der Waals surface area contributed by atoms with Crippen molar-refractivity contribution in [3.05, 3.63) is 215 Å². The molecule has 1 aromatic heterocycles. The maximum atomic E-state index is 6.77. The molecule has 0 saturated carbocycles. The zero-order valence-corrected chi connectivity index (χ0v) is 31.8. The van der Waals surface area contributed by atoms with Crippen LogP contribution >= 0.6 is 0 Å². The summed E-state index contributed by atoms with van der Waals surface area (Å²) in [5.41, 5.74) is 15.3. The highest BCUT2D eigenvalue weighted by Gasteiger charge is 2.52. The van der Waals surface area contributed by atoms with Gasteiger partial charge in [0.25, 0.3) is 0 Å². The van der Waals surface area contributed by atoms with Crippen LogP contribution in [0.2, 0.25) is 0 Å². The van der Waals surface area contributed by atoms with E-state index in [9.17, 15) is 0 Å². The molecule has 274 valence electrons. The van der Waals surface area contributed by atoms with Crippen LogP contribution in [0, 0.1) is 0 Å². The monoisotopic (exact) mass is 743 g/mol. The van der Waals surface area contributed by atoms with Crippen molar-refractivity contribution in [2.45, 2.75) is 31.1 Å². The minimum absolute atomic E-state index is 0.461. The number of nitrogens with zero attached hydrogens (tertiary/aromatic N) is 3. The van der Waals surface area contributed by atoms with Gasteiger partial charge < -0.3 is 4.74 Å². The number of fused-ring (bicyclic) bond motifs is 11. The molecule has 0 unspecified atom stereocenters. The minimum atomic E-state index is -0.461. The molecular weight excluding hydrogens is 707 g/mol. The van der Waals surface area contributed by atoms with Crippen LogP contribution in [-0.2, 0) is 11.8 Å². The highest BCUT2D eigenvalue weighted by Crippen LogP contribution is 2.62. The predicted octanol–water partition coefficient (Wildman–Crippen LogP) is 12.8. The van der Waals surface area contributed by atoms with Gasteiger partial charge in [-0.3, -0.25) is 0 Å². The second-order valence-electron chi connectivity index (χ2n) is 15.7. The van der Waals surface area contributed by atoms with Gasteiger partial charge in [0.05, 0.1) is 5.41 Å². The van der Waals surface area contributed by atoms with Crippen LogP contribution in [0.1, 0.15) is 52.6 Å². The van der Waals surface area contributed by atoms with Crippen LogP contribution in [0.15, 0.2) is 181 Å². The summed E-state index contributed by atoms with van der Waals surface area (Å²) < 4.78 is 6.77.